The van der Waals surface area contributed by atoms with Crippen LogP contribution in [-0.4, -0.2) is 15.1 Å². The molecule has 3 aromatic rings. The molecule has 114 valence electrons. The Morgan fingerprint density at radius 2 is 2.14 bits per heavy atom. The maximum atomic E-state index is 13.4. The summed E-state index contributed by atoms with van der Waals surface area (Å²) >= 11 is 1.62. The Labute approximate surface area is 130 Å². The van der Waals surface area contributed by atoms with Gasteiger partial charge in [0.2, 0.25) is 11.7 Å². The molecule has 3 rings (SSSR count). The second-order valence-electron chi connectivity index (χ2n) is 4.59. The van der Waals surface area contributed by atoms with Crippen molar-refractivity contribution in [2.24, 2.45) is 0 Å². The third-order valence-electron chi connectivity index (χ3n) is 2.94. The Kier molecular flexibility index (Phi) is 4.43. The lowest BCUT2D eigenvalue weighted by Crippen LogP contribution is -1.99. The minimum absolute atomic E-state index is 0.0573. The van der Waals surface area contributed by atoms with Gasteiger partial charge in [0.05, 0.1) is 17.1 Å². The minimum Gasteiger partial charge on any atom is -0.482 e. The summed E-state index contributed by atoms with van der Waals surface area (Å²) in [4.78, 5) is 8.67. The summed E-state index contributed by atoms with van der Waals surface area (Å²) in [5.74, 6) is 0.603. The van der Waals surface area contributed by atoms with Crippen LogP contribution in [0.15, 0.2) is 34.2 Å². The average Bonchev–Trinajstić information content (AvgIpc) is 3.16. The molecule has 0 aliphatic heterocycles. The lowest BCUT2D eigenvalue weighted by molar-refractivity contribution is 0.272. The van der Waals surface area contributed by atoms with E-state index in [9.17, 15) is 4.39 Å². The molecule has 0 saturated heterocycles. The number of benzene rings is 1. The first kappa shape index (κ1) is 14.6. The number of aryl methyl sites for hydroxylation is 1. The molecule has 0 amide bonds. The molecule has 0 aliphatic rings. The first-order valence-corrected chi connectivity index (χ1v) is 7.74. The fourth-order valence-corrected chi connectivity index (χ4v) is 2.62. The van der Waals surface area contributed by atoms with Gasteiger partial charge >= 0.3 is 0 Å². The molecule has 0 atom stereocenters. The molecular weight excluding hydrogens is 305 g/mol. The second-order valence-corrected chi connectivity index (χ2v) is 5.53. The van der Waals surface area contributed by atoms with Crippen molar-refractivity contribution in [2.45, 2.75) is 26.4 Å². The molecule has 0 unspecified atom stereocenters. The average molecular weight is 319 g/mol. The van der Waals surface area contributed by atoms with Gasteiger partial charge < -0.3 is 9.26 Å². The van der Waals surface area contributed by atoms with Crippen molar-refractivity contribution < 1.29 is 13.7 Å². The predicted octanol–water partition coefficient (Wildman–Crippen LogP) is 3.40. The van der Waals surface area contributed by atoms with E-state index >= 15 is 0 Å². The zero-order valence-corrected chi connectivity index (χ0v) is 12.8. The van der Waals surface area contributed by atoms with E-state index in [0.29, 0.717) is 18.1 Å². The van der Waals surface area contributed by atoms with Crippen LogP contribution >= 0.6 is 11.3 Å². The van der Waals surface area contributed by atoms with E-state index in [1.807, 2.05) is 5.38 Å². The highest BCUT2D eigenvalue weighted by Gasteiger charge is 2.11. The number of rotatable bonds is 6. The van der Waals surface area contributed by atoms with E-state index in [-0.39, 0.29) is 12.4 Å². The number of hydrogen-bond acceptors (Lipinski definition) is 6. The summed E-state index contributed by atoms with van der Waals surface area (Å²) in [5.41, 5.74) is 0.909. The Balaban J connectivity index is 1.60. The number of nitrogens with zero attached hydrogens (tertiary/aromatic N) is 3. The molecule has 5 nitrogen and oxygen atoms in total. The van der Waals surface area contributed by atoms with Crippen LogP contribution in [0.4, 0.5) is 4.39 Å². The summed E-state index contributed by atoms with van der Waals surface area (Å²) in [6, 6.07) is 6.20. The maximum Gasteiger partial charge on any atom is 0.232 e. The van der Waals surface area contributed by atoms with Gasteiger partial charge in [0.1, 0.15) is 0 Å². The van der Waals surface area contributed by atoms with Crippen molar-refractivity contribution in [3.63, 3.8) is 0 Å². The van der Waals surface area contributed by atoms with Crippen molar-refractivity contribution in [3.8, 4) is 5.75 Å². The van der Waals surface area contributed by atoms with Gasteiger partial charge in [-0.2, -0.15) is 4.98 Å². The highest BCUT2D eigenvalue weighted by Crippen LogP contribution is 2.17. The largest absolute Gasteiger partial charge is 0.482 e. The van der Waals surface area contributed by atoms with Crippen molar-refractivity contribution in [1.82, 2.24) is 15.1 Å². The van der Waals surface area contributed by atoms with Crippen LogP contribution < -0.4 is 4.74 Å². The van der Waals surface area contributed by atoms with E-state index in [1.54, 1.807) is 29.5 Å². The summed E-state index contributed by atoms with van der Waals surface area (Å²) in [6.45, 7) is 2.12. The SMILES string of the molecule is CCc1nc(Cc2nc(COc3ccccc3F)no2)cs1. The van der Waals surface area contributed by atoms with Gasteiger partial charge in [0, 0.05) is 5.38 Å². The number of halogens is 1. The second kappa shape index (κ2) is 6.65. The quantitative estimate of drug-likeness (QED) is 0.697. The lowest BCUT2D eigenvalue weighted by Gasteiger charge is -2.03. The van der Waals surface area contributed by atoms with E-state index < -0.39 is 5.82 Å². The fourth-order valence-electron chi connectivity index (χ4n) is 1.87. The van der Waals surface area contributed by atoms with Gasteiger partial charge in [-0.05, 0) is 18.6 Å². The standard InChI is InChI=1S/C15H14FN3O2S/c1-2-15-17-10(9-22-15)7-14-18-13(19-21-14)8-20-12-6-4-3-5-11(12)16/h3-6,9H,2,7-8H2,1H3. The monoisotopic (exact) mass is 319 g/mol. The molecule has 0 fully saturated rings. The van der Waals surface area contributed by atoms with E-state index in [0.717, 1.165) is 17.1 Å². The van der Waals surface area contributed by atoms with Gasteiger partial charge in [0.15, 0.2) is 18.2 Å². The molecule has 22 heavy (non-hydrogen) atoms. The molecule has 2 heterocycles. The molecule has 7 heteroatoms. The highest BCUT2D eigenvalue weighted by atomic mass is 32.1. The van der Waals surface area contributed by atoms with Crippen molar-refractivity contribution in [2.75, 3.05) is 0 Å². The molecule has 0 bridgehead atoms. The van der Waals surface area contributed by atoms with Crippen molar-refractivity contribution in [1.29, 1.82) is 0 Å². The molecule has 1 aromatic carbocycles. The Bertz CT molecular complexity index is 757. The normalized spacial score (nSPS) is 10.8. The molecular formula is C15H14FN3O2S. The van der Waals surface area contributed by atoms with E-state index in [4.69, 9.17) is 9.26 Å². The summed E-state index contributed by atoms with van der Waals surface area (Å²) in [7, 11) is 0. The number of para-hydroxylation sites is 1. The molecule has 0 N–H and O–H groups in total. The van der Waals surface area contributed by atoms with Gasteiger partial charge in [-0.1, -0.05) is 24.2 Å². The highest BCUT2D eigenvalue weighted by molar-refractivity contribution is 7.09. The topological polar surface area (TPSA) is 61.0 Å². The maximum absolute atomic E-state index is 13.4. The number of thiazole rings is 1. The number of hydrogen-bond donors (Lipinski definition) is 0. The smallest absolute Gasteiger partial charge is 0.232 e. The number of aromatic nitrogens is 3. The van der Waals surface area contributed by atoms with Gasteiger partial charge in [-0.25, -0.2) is 9.37 Å². The van der Waals surface area contributed by atoms with Crippen LogP contribution in [0.2, 0.25) is 0 Å². The molecule has 2 aromatic heterocycles. The summed E-state index contributed by atoms with van der Waals surface area (Å²) in [5, 5.41) is 6.89. The Morgan fingerprint density at radius 3 is 2.91 bits per heavy atom. The van der Waals surface area contributed by atoms with Gasteiger partial charge in [-0.15, -0.1) is 11.3 Å². The Morgan fingerprint density at radius 1 is 1.27 bits per heavy atom. The van der Waals surface area contributed by atoms with Gasteiger partial charge in [-0.3, -0.25) is 0 Å². The lowest BCUT2D eigenvalue weighted by atomic mass is 10.3. The van der Waals surface area contributed by atoms with E-state index in [1.165, 1.54) is 6.07 Å². The zero-order valence-electron chi connectivity index (χ0n) is 12.0. The van der Waals surface area contributed by atoms with Crippen LogP contribution in [0, 0.1) is 5.82 Å². The molecule has 0 radical (unpaired) electrons. The van der Waals surface area contributed by atoms with E-state index in [2.05, 4.69) is 22.0 Å². The molecule has 0 saturated carbocycles. The van der Waals surface area contributed by atoms with Crippen molar-refractivity contribution >= 4 is 11.3 Å². The fraction of sp³-hybridized carbons (Fsp3) is 0.267. The minimum atomic E-state index is -0.416. The number of ether oxygens (including phenoxy) is 1. The first-order valence-electron chi connectivity index (χ1n) is 6.86. The predicted molar refractivity (Wildman–Crippen MR) is 79.3 cm³/mol. The third-order valence-corrected chi connectivity index (χ3v) is 3.98. The molecule has 0 spiro atoms. The summed E-state index contributed by atoms with van der Waals surface area (Å²) in [6.07, 6.45) is 1.40. The van der Waals surface area contributed by atoms with Crippen LogP contribution in [-0.2, 0) is 19.4 Å². The van der Waals surface area contributed by atoms with Crippen molar-refractivity contribution in [3.05, 3.63) is 57.9 Å². The van der Waals surface area contributed by atoms with Crippen LogP contribution in [0.3, 0.4) is 0 Å². The summed E-state index contributed by atoms with van der Waals surface area (Å²) < 4.78 is 23.9. The molecule has 0 aliphatic carbocycles. The van der Waals surface area contributed by atoms with Crippen LogP contribution in [0.5, 0.6) is 5.75 Å². The first-order chi connectivity index (χ1) is 10.7. The third kappa shape index (κ3) is 3.48. The zero-order chi connectivity index (χ0) is 15.4. The van der Waals surface area contributed by atoms with Crippen LogP contribution in [0.25, 0.3) is 0 Å². The van der Waals surface area contributed by atoms with Crippen LogP contribution in [0.1, 0.15) is 29.3 Å². The Hall–Kier alpha value is -2.28. The van der Waals surface area contributed by atoms with Gasteiger partial charge in [0.25, 0.3) is 0 Å².